The van der Waals surface area contributed by atoms with Gasteiger partial charge in [0.2, 0.25) is 0 Å². The molecule has 30 heavy (non-hydrogen) atoms. The Morgan fingerprint density at radius 3 is 2.77 bits per heavy atom. The summed E-state index contributed by atoms with van der Waals surface area (Å²) in [7, 11) is 1.61. The normalized spacial score (nSPS) is 13.8. The minimum absolute atomic E-state index is 0.154. The monoisotopic (exact) mass is 472 g/mol. The molecule has 0 N–H and O–H groups in total. The zero-order chi connectivity index (χ0) is 21.1. The summed E-state index contributed by atoms with van der Waals surface area (Å²) in [6, 6.07) is 12.0. The number of methoxy groups -OCH3 is 1. The van der Waals surface area contributed by atoms with Crippen LogP contribution in [0.25, 0.3) is 10.9 Å². The number of hydrogen-bond donors (Lipinski definition) is 0. The number of hydrogen-bond acceptors (Lipinski definition) is 5. The minimum atomic E-state index is -0.276. The Morgan fingerprint density at radius 1 is 1.23 bits per heavy atom. The number of ether oxygens (including phenoxy) is 3. The SMILES string of the molecule is CCOC(=O)Cc1ccc(OC)cc1OCc1c2cc(Br)ccc2nn1C1CCC1. The van der Waals surface area contributed by atoms with Crippen LogP contribution < -0.4 is 9.47 Å². The maximum atomic E-state index is 12.0. The van der Waals surface area contributed by atoms with Gasteiger partial charge in [-0.1, -0.05) is 22.0 Å². The molecular weight excluding hydrogens is 448 g/mol. The molecule has 0 aliphatic heterocycles. The van der Waals surface area contributed by atoms with Gasteiger partial charge in [0.1, 0.15) is 18.1 Å². The number of carbonyl (C=O) groups is 1. The van der Waals surface area contributed by atoms with E-state index >= 15 is 0 Å². The van der Waals surface area contributed by atoms with Gasteiger partial charge >= 0.3 is 5.97 Å². The Labute approximate surface area is 184 Å². The zero-order valence-corrected chi connectivity index (χ0v) is 18.8. The lowest BCUT2D eigenvalue weighted by Gasteiger charge is -2.27. The predicted octanol–water partition coefficient (Wildman–Crippen LogP) is 5.22. The van der Waals surface area contributed by atoms with E-state index in [2.05, 4.69) is 26.7 Å². The highest BCUT2D eigenvalue weighted by molar-refractivity contribution is 9.10. The van der Waals surface area contributed by atoms with E-state index in [1.165, 1.54) is 6.42 Å². The molecule has 0 saturated heterocycles. The van der Waals surface area contributed by atoms with Crippen LogP contribution in [0.1, 0.15) is 43.5 Å². The van der Waals surface area contributed by atoms with E-state index < -0.39 is 0 Å². The number of halogens is 1. The van der Waals surface area contributed by atoms with Crippen molar-refractivity contribution >= 4 is 32.8 Å². The van der Waals surface area contributed by atoms with Crippen molar-refractivity contribution in [3.05, 3.63) is 52.1 Å². The van der Waals surface area contributed by atoms with E-state index in [0.717, 1.165) is 39.5 Å². The van der Waals surface area contributed by atoms with Gasteiger partial charge in [-0.2, -0.15) is 5.10 Å². The molecule has 0 amide bonds. The molecule has 2 aromatic carbocycles. The first kappa shape index (κ1) is 20.7. The molecule has 0 unspecified atom stereocenters. The van der Waals surface area contributed by atoms with Crippen molar-refractivity contribution < 1.29 is 19.0 Å². The van der Waals surface area contributed by atoms with E-state index in [1.54, 1.807) is 14.0 Å². The van der Waals surface area contributed by atoms with Gasteiger partial charge < -0.3 is 14.2 Å². The number of nitrogens with zero attached hydrogens (tertiary/aromatic N) is 2. The molecule has 7 heteroatoms. The zero-order valence-electron chi connectivity index (χ0n) is 17.2. The van der Waals surface area contributed by atoms with Crippen LogP contribution in [0.3, 0.4) is 0 Å². The fraction of sp³-hybridized carbons (Fsp3) is 0.391. The molecular formula is C23H25BrN2O4. The third-order valence-electron chi connectivity index (χ3n) is 5.46. The molecule has 1 saturated carbocycles. The Bertz CT molecular complexity index is 1060. The first-order chi connectivity index (χ1) is 14.6. The van der Waals surface area contributed by atoms with Crippen molar-refractivity contribution in [1.29, 1.82) is 0 Å². The van der Waals surface area contributed by atoms with E-state index in [4.69, 9.17) is 19.3 Å². The molecule has 4 rings (SSSR count). The van der Waals surface area contributed by atoms with Crippen LogP contribution in [0, 0.1) is 0 Å². The second kappa shape index (κ2) is 9.08. The summed E-state index contributed by atoms with van der Waals surface area (Å²) in [5.74, 6) is 1.02. The van der Waals surface area contributed by atoms with Crippen molar-refractivity contribution in [1.82, 2.24) is 9.78 Å². The van der Waals surface area contributed by atoms with Gasteiger partial charge in [-0.05, 0) is 50.5 Å². The lowest BCUT2D eigenvalue weighted by molar-refractivity contribution is -0.142. The minimum Gasteiger partial charge on any atom is -0.497 e. The van der Waals surface area contributed by atoms with Crippen LogP contribution in [0.2, 0.25) is 0 Å². The number of carbonyl (C=O) groups excluding carboxylic acids is 1. The quantitative estimate of drug-likeness (QED) is 0.420. The Morgan fingerprint density at radius 2 is 2.07 bits per heavy atom. The van der Waals surface area contributed by atoms with Gasteiger partial charge in [-0.3, -0.25) is 9.48 Å². The van der Waals surface area contributed by atoms with Crippen molar-refractivity contribution in [3.63, 3.8) is 0 Å². The highest BCUT2D eigenvalue weighted by Crippen LogP contribution is 2.36. The Kier molecular flexibility index (Phi) is 6.27. The standard InChI is InChI=1S/C23H25BrN2O4/c1-3-29-23(27)11-15-7-9-18(28-2)13-22(15)30-14-21-19-12-16(24)8-10-20(19)25-26(21)17-5-4-6-17/h7-10,12-13,17H,3-6,11,14H2,1-2H3. The summed E-state index contributed by atoms with van der Waals surface area (Å²) in [6.07, 6.45) is 3.65. The molecule has 158 valence electrons. The van der Waals surface area contributed by atoms with Crippen LogP contribution in [0.5, 0.6) is 11.5 Å². The van der Waals surface area contributed by atoms with E-state index in [9.17, 15) is 4.79 Å². The van der Waals surface area contributed by atoms with Gasteiger partial charge in [0.25, 0.3) is 0 Å². The number of fused-ring (bicyclic) bond motifs is 1. The molecule has 1 fully saturated rings. The number of rotatable bonds is 8. The lowest BCUT2D eigenvalue weighted by atomic mass is 9.93. The van der Waals surface area contributed by atoms with Crippen LogP contribution >= 0.6 is 15.9 Å². The number of esters is 1. The maximum absolute atomic E-state index is 12.0. The predicted molar refractivity (Wildman–Crippen MR) is 118 cm³/mol. The number of benzene rings is 2. The van der Waals surface area contributed by atoms with Crippen LogP contribution in [-0.4, -0.2) is 29.5 Å². The van der Waals surface area contributed by atoms with E-state index in [1.807, 2.05) is 30.3 Å². The topological polar surface area (TPSA) is 62.6 Å². The third-order valence-corrected chi connectivity index (χ3v) is 5.95. The molecule has 1 heterocycles. The highest BCUT2D eigenvalue weighted by atomic mass is 79.9. The lowest BCUT2D eigenvalue weighted by Crippen LogP contribution is -2.21. The summed E-state index contributed by atoms with van der Waals surface area (Å²) in [4.78, 5) is 12.0. The summed E-state index contributed by atoms with van der Waals surface area (Å²) in [5.41, 5.74) is 2.77. The van der Waals surface area contributed by atoms with Gasteiger partial charge in [-0.25, -0.2) is 0 Å². The molecule has 1 aromatic heterocycles. The van der Waals surface area contributed by atoms with Gasteiger partial charge in [0.05, 0.1) is 37.4 Å². The smallest absolute Gasteiger partial charge is 0.310 e. The first-order valence-corrected chi connectivity index (χ1v) is 11.0. The summed E-state index contributed by atoms with van der Waals surface area (Å²) >= 11 is 3.57. The summed E-state index contributed by atoms with van der Waals surface area (Å²) in [5, 5.41) is 5.91. The van der Waals surface area contributed by atoms with E-state index in [0.29, 0.717) is 30.8 Å². The van der Waals surface area contributed by atoms with Crippen molar-refractivity contribution in [3.8, 4) is 11.5 Å². The second-order valence-corrected chi connectivity index (χ2v) is 8.30. The van der Waals surface area contributed by atoms with Crippen LogP contribution in [-0.2, 0) is 22.6 Å². The fourth-order valence-corrected chi connectivity index (χ4v) is 4.02. The molecule has 1 aliphatic rings. The average molecular weight is 473 g/mol. The second-order valence-electron chi connectivity index (χ2n) is 7.38. The van der Waals surface area contributed by atoms with Crippen LogP contribution in [0.15, 0.2) is 40.9 Å². The molecule has 0 bridgehead atoms. The summed E-state index contributed by atoms with van der Waals surface area (Å²) in [6.45, 7) is 2.51. The van der Waals surface area contributed by atoms with E-state index in [-0.39, 0.29) is 12.4 Å². The molecule has 0 radical (unpaired) electrons. The molecule has 3 aromatic rings. The molecule has 6 nitrogen and oxygen atoms in total. The molecule has 0 atom stereocenters. The van der Waals surface area contributed by atoms with Gasteiger partial charge in [0.15, 0.2) is 0 Å². The largest absolute Gasteiger partial charge is 0.497 e. The first-order valence-electron chi connectivity index (χ1n) is 10.2. The van der Waals surface area contributed by atoms with Gasteiger partial charge in [-0.15, -0.1) is 0 Å². The number of aromatic nitrogens is 2. The highest BCUT2D eigenvalue weighted by Gasteiger charge is 2.25. The Balaban J connectivity index is 1.65. The summed E-state index contributed by atoms with van der Waals surface area (Å²) < 4.78 is 19.8. The molecule has 0 spiro atoms. The fourth-order valence-electron chi connectivity index (χ4n) is 3.66. The molecule has 1 aliphatic carbocycles. The van der Waals surface area contributed by atoms with Crippen molar-refractivity contribution in [2.24, 2.45) is 0 Å². The average Bonchev–Trinajstić information content (AvgIpc) is 3.03. The van der Waals surface area contributed by atoms with Crippen molar-refractivity contribution in [2.45, 2.75) is 45.3 Å². The van der Waals surface area contributed by atoms with Crippen LogP contribution in [0.4, 0.5) is 0 Å². The third kappa shape index (κ3) is 4.31. The van der Waals surface area contributed by atoms with Gasteiger partial charge in [0, 0.05) is 21.5 Å². The Hall–Kier alpha value is -2.54. The van der Waals surface area contributed by atoms with Crippen molar-refractivity contribution in [2.75, 3.05) is 13.7 Å². The maximum Gasteiger partial charge on any atom is 0.310 e.